The number of ether oxygens (including phenoxy) is 1. The molecule has 0 aliphatic rings. The predicted molar refractivity (Wildman–Crippen MR) is 90.7 cm³/mol. The molecular formula is C17H18ClFN2O4. The van der Waals surface area contributed by atoms with Gasteiger partial charge in [0.05, 0.1) is 0 Å². The number of hydrogen-bond acceptors (Lipinski definition) is 4. The van der Waals surface area contributed by atoms with Gasteiger partial charge in [-0.1, -0.05) is 6.07 Å². The number of benzene rings is 1. The van der Waals surface area contributed by atoms with Gasteiger partial charge in [0.25, 0.3) is 5.15 Å². The number of carbonyl (C=O) groups is 1. The van der Waals surface area contributed by atoms with E-state index in [1.807, 2.05) is 0 Å². The van der Waals surface area contributed by atoms with Gasteiger partial charge in [-0.25, -0.2) is 9.18 Å². The van der Waals surface area contributed by atoms with Crippen LogP contribution in [0.1, 0.15) is 38.0 Å². The number of aromatic nitrogens is 1. The first-order valence-electron chi connectivity index (χ1n) is 7.43. The summed E-state index contributed by atoms with van der Waals surface area (Å²) in [5.41, 5.74) is -0.242. The van der Waals surface area contributed by atoms with Crippen LogP contribution in [0.3, 0.4) is 0 Å². The van der Waals surface area contributed by atoms with Crippen molar-refractivity contribution >= 4 is 23.4 Å². The van der Waals surface area contributed by atoms with Gasteiger partial charge in [-0.3, -0.25) is 5.32 Å². The first-order chi connectivity index (χ1) is 11.6. The summed E-state index contributed by atoms with van der Waals surface area (Å²) in [6, 6.07) is 6.44. The zero-order chi connectivity index (χ0) is 18.8. The average molecular weight is 369 g/mol. The van der Waals surface area contributed by atoms with Crippen LogP contribution in [0.2, 0.25) is 5.15 Å². The van der Waals surface area contributed by atoms with Gasteiger partial charge >= 0.3 is 6.09 Å². The first-order valence-corrected chi connectivity index (χ1v) is 7.81. The van der Waals surface area contributed by atoms with Crippen LogP contribution in [0.25, 0.3) is 0 Å². The number of nitrogens with one attached hydrogen (secondary N) is 1. The molecule has 0 saturated carbocycles. The van der Waals surface area contributed by atoms with E-state index in [0.717, 1.165) is 12.3 Å². The molecule has 6 nitrogen and oxygen atoms in total. The van der Waals surface area contributed by atoms with E-state index in [0.29, 0.717) is 4.73 Å². The molecule has 1 atom stereocenters. The molecule has 1 amide bonds. The lowest BCUT2D eigenvalue weighted by Crippen LogP contribution is -2.27. The van der Waals surface area contributed by atoms with Crippen molar-refractivity contribution < 1.29 is 23.8 Å². The highest BCUT2D eigenvalue weighted by Crippen LogP contribution is 2.27. The summed E-state index contributed by atoms with van der Waals surface area (Å²) in [5, 5.41) is 23.8. The van der Waals surface area contributed by atoms with E-state index in [1.165, 1.54) is 24.3 Å². The lowest BCUT2D eigenvalue weighted by atomic mass is 10.0. The molecule has 0 fully saturated rings. The summed E-state index contributed by atoms with van der Waals surface area (Å²) in [4.78, 5) is 11.7. The van der Waals surface area contributed by atoms with E-state index in [4.69, 9.17) is 16.3 Å². The van der Waals surface area contributed by atoms with Crippen LogP contribution in [0, 0.1) is 11.0 Å². The summed E-state index contributed by atoms with van der Waals surface area (Å²) in [6.45, 7) is 5.13. The predicted octanol–water partition coefficient (Wildman–Crippen LogP) is 3.54. The molecule has 1 heterocycles. The SMILES string of the molecule is CC(C)(C)OC(=O)Nc1ccc(C(O)c2cc[n+]([O-])c(Cl)c2)c(F)c1. The minimum absolute atomic E-state index is 0.0190. The molecule has 0 aliphatic heterocycles. The van der Waals surface area contributed by atoms with Crippen LogP contribution < -0.4 is 10.0 Å². The number of nitrogens with zero attached hydrogens (tertiary/aromatic N) is 1. The molecule has 8 heteroatoms. The maximum absolute atomic E-state index is 14.3. The molecular weight excluding hydrogens is 351 g/mol. The zero-order valence-electron chi connectivity index (χ0n) is 13.9. The highest BCUT2D eigenvalue weighted by Gasteiger charge is 2.20. The molecule has 1 unspecified atom stereocenters. The fourth-order valence-electron chi connectivity index (χ4n) is 2.07. The number of hydrogen-bond donors (Lipinski definition) is 2. The summed E-state index contributed by atoms with van der Waals surface area (Å²) in [7, 11) is 0. The van der Waals surface area contributed by atoms with E-state index >= 15 is 0 Å². The number of pyridine rings is 1. The van der Waals surface area contributed by atoms with Crippen molar-refractivity contribution in [1.29, 1.82) is 0 Å². The van der Waals surface area contributed by atoms with Crippen molar-refractivity contribution in [1.82, 2.24) is 0 Å². The fraction of sp³-hybridized carbons (Fsp3) is 0.294. The third-order valence-corrected chi connectivity index (χ3v) is 3.43. The molecule has 2 rings (SSSR count). The molecule has 1 aromatic heterocycles. The Morgan fingerprint density at radius 3 is 2.60 bits per heavy atom. The molecule has 0 bridgehead atoms. The van der Waals surface area contributed by atoms with Crippen LogP contribution in [0.4, 0.5) is 14.9 Å². The van der Waals surface area contributed by atoms with Gasteiger partial charge in [-0.05, 0) is 50.1 Å². The average Bonchev–Trinajstić information content (AvgIpc) is 2.47. The van der Waals surface area contributed by atoms with Crippen molar-refractivity contribution in [3.63, 3.8) is 0 Å². The summed E-state index contributed by atoms with van der Waals surface area (Å²) >= 11 is 5.70. The normalized spacial score (nSPS) is 12.6. The maximum Gasteiger partial charge on any atom is 0.412 e. The van der Waals surface area contributed by atoms with Gasteiger partial charge in [-0.2, -0.15) is 4.73 Å². The van der Waals surface area contributed by atoms with Crippen LogP contribution in [-0.2, 0) is 4.74 Å². The van der Waals surface area contributed by atoms with Crippen LogP contribution >= 0.6 is 11.6 Å². The molecule has 25 heavy (non-hydrogen) atoms. The molecule has 0 saturated heterocycles. The second-order valence-corrected chi connectivity index (χ2v) is 6.76. The van der Waals surface area contributed by atoms with E-state index in [9.17, 15) is 19.5 Å². The number of rotatable bonds is 3. The molecule has 2 aromatic rings. The van der Waals surface area contributed by atoms with Crippen LogP contribution in [0.15, 0.2) is 36.5 Å². The first kappa shape index (κ1) is 19.0. The van der Waals surface area contributed by atoms with Gasteiger partial charge < -0.3 is 15.1 Å². The Balaban J connectivity index is 2.18. The Labute approximate surface area is 149 Å². The number of anilines is 1. The van der Waals surface area contributed by atoms with Gasteiger partial charge in [-0.15, -0.1) is 0 Å². The van der Waals surface area contributed by atoms with Crippen molar-refractivity contribution in [3.05, 3.63) is 63.8 Å². The van der Waals surface area contributed by atoms with E-state index in [2.05, 4.69) is 5.32 Å². The Bertz CT molecular complexity index is 793. The minimum Gasteiger partial charge on any atom is -0.618 e. The number of aliphatic hydroxyl groups is 1. The van der Waals surface area contributed by atoms with Gasteiger partial charge in [0.1, 0.15) is 17.5 Å². The van der Waals surface area contributed by atoms with Crippen molar-refractivity contribution in [2.75, 3.05) is 5.32 Å². The van der Waals surface area contributed by atoms with Crippen molar-refractivity contribution in [2.45, 2.75) is 32.5 Å². The van der Waals surface area contributed by atoms with Crippen molar-refractivity contribution in [3.8, 4) is 0 Å². The maximum atomic E-state index is 14.3. The third-order valence-electron chi connectivity index (χ3n) is 3.15. The van der Waals surface area contributed by atoms with Crippen molar-refractivity contribution in [2.24, 2.45) is 0 Å². The Kier molecular flexibility index (Phi) is 5.49. The Morgan fingerprint density at radius 1 is 1.36 bits per heavy atom. The Morgan fingerprint density at radius 2 is 2.04 bits per heavy atom. The van der Waals surface area contributed by atoms with Gasteiger partial charge in [0, 0.05) is 23.4 Å². The van der Waals surface area contributed by atoms with Crippen LogP contribution in [0.5, 0.6) is 0 Å². The largest absolute Gasteiger partial charge is 0.618 e. The summed E-state index contributed by atoms with van der Waals surface area (Å²) < 4.78 is 19.8. The van der Waals surface area contributed by atoms with E-state index < -0.39 is 23.6 Å². The molecule has 2 N–H and O–H groups in total. The van der Waals surface area contributed by atoms with E-state index in [-0.39, 0.29) is 22.0 Å². The monoisotopic (exact) mass is 368 g/mol. The van der Waals surface area contributed by atoms with Gasteiger partial charge in [0.15, 0.2) is 6.20 Å². The zero-order valence-corrected chi connectivity index (χ0v) is 14.7. The number of aliphatic hydroxyl groups excluding tert-OH is 1. The molecule has 1 aromatic carbocycles. The highest BCUT2D eigenvalue weighted by molar-refractivity contribution is 6.28. The second-order valence-electron chi connectivity index (χ2n) is 6.37. The molecule has 134 valence electrons. The molecule has 0 spiro atoms. The smallest absolute Gasteiger partial charge is 0.412 e. The lowest BCUT2D eigenvalue weighted by molar-refractivity contribution is -0.603. The third kappa shape index (κ3) is 5.04. The summed E-state index contributed by atoms with van der Waals surface area (Å²) in [6.07, 6.45) is -0.902. The van der Waals surface area contributed by atoms with Gasteiger partial charge in [0.2, 0.25) is 0 Å². The van der Waals surface area contributed by atoms with Crippen LogP contribution in [-0.4, -0.2) is 16.8 Å². The Hall–Kier alpha value is -2.38. The molecule has 0 aliphatic carbocycles. The lowest BCUT2D eigenvalue weighted by Gasteiger charge is -2.20. The summed E-state index contributed by atoms with van der Waals surface area (Å²) in [5.74, 6) is -0.726. The minimum atomic E-state index is -1.31. The highest BCUT2D eigenvalue weighted by atomic mass is 35.5. The standard InChI is InChI=1S/C17H18ClFN2O4/c1-17(2,3)25-16(23)20-11-4-5-12(13(19)9-11)15(22)10-6-7-21(24)14(18)8-10/h4-9,15,22H,1-3H3,(H,20,23). The number of amides is 1. The topological polar surface area (TPSA) is 85.5 Å². The second kappa shape index (κ2) is 7.25. The van der Waals surface area contributed by atoms with E-state index in [1.54, 1.807) is 20.8 Å². The number of halogens is 2. The fourth-order valence-corrected chi connectivity index (χ4v) is 2.25. The quantitative estimate of drug-likeness (QED) is 0.493. The molecule has 0 radical (unpaired) electrons. The number of carbonyl (C=O) groups excluding carboxylic acids is 1.